The Hall–Kier alpha value is -1.38. The van der Waals surface area contributed by atoms with Gasteiger partial charge in [0.15, 0.2) is 0 Å². The lowest BCUT2D eigenvalue weighted by Crippen LogP contribution is -1.93. The second-order valence-corrected chi connectivity index (χ2v) is 1.77. The first-order chi connectivity index (χ1) is 4.93. The quantitative estimate of drug-likeness (QED) is 0.488. The molecule has 0 unspecified atom stereocenters. The third kappa shape index (κ3) is 1.85. The van der Waals surface area contributed by atoms with E-state index in [1.165, 1.54) is 0 Å². The zero-order valence-corrected chi connectivity index (χ0v) is 5.78. The number of nitrogens with one attached hydrogen (secondary N) is 1. The number of rotatable bonds is 2. The predicted octanol–water partition coefficient (Wildman–Crippen LogP) is 1.15. The fourth-order valence-electron chi connectivity index (χ4n) is 0.587. The summed E-state index contributed by atoms with van der Waals surface area (Å²) >= 11 is 0. The van der Waals surface area contributed by atoms with Crippen molar-refractivity contribution in [1.82, 2.24) is 4.98 Å². The molecule has 0 atom stereocenters. The standard InChI is InChI=1S/C7H9N3/c1-8-6-10-7-2-4-9-5-3-7/h2-6H,1H3,(H,8,9,10). The molecule has 1 aromatic rings. The lowest BCUT2D eigenvalue weighted by Gasteiger charge is -1.95. The predicted molar refractivity (Wildman–Crippen MR) is 42.3 cm³/mol. The van der Waals surface area contributed by atoms with Crippen molar-refractivity contribution in [2.45, 2.75) is 0 Å². The van der Waals surface area contributed by atoms with E-state index in [4.69, 9.17) is 0 Å². The van der Waals surface area contributed by atoms with Gasteiger partial charge in [-0.25, -0.2) is 0 Å². The van der Waals surface area contributed by atoms with Crippen molar-refractivity contribution >= 4 is 12.0 Å². The van der Waals surface area contributed by atoms with Crippen LogP contribution in [0.4, 0.5) is 5.69 Å². The van der Waals surface area contributed by atoms with Crippen LogP contribution in [-0.4, -0.2) is 18.4 Å². The highest BCUT2D eigenvalue weighted by Gasteiger charge is 1.81. The van der Waals surface area contributed by atoms with Crippen molar-refractivity contribution in [3.63, 3.8) is 0 Å². The molecule has 0 radical (unpaired) electrons. The molecule has 1 N–H and O–H groups in total. The number of hydrogen-bond acceptors (Lipinski definition) is 2. The van der Waals surface area contributed by atoms with E-state index in [2.05, 4.69) is 15.3 Å². The summed E-state index contributed by atoms with van der Waals surface area (Å²) in [4.78, 5) is 7.64. The van der Waals surface area contributed by atoms with E-state index in [-0.39, 0.29) is 0 Å². The Kier molecular flexibility index (Phi) is 2.43. The summed E-state index contributed by atoms with van der Waals surface area (Å²) in [5, 5.41) is 2.96. The molecule has 0 spiro atoms. The maximum atomic E-state index is 3.87. The molecule has 1 heterocycles. The lowest BCUT2D eigenvalue weighted by atomic mass is 10.4. The molecule has 0 amide bonds. The third-order valence-electron chi connectivity index (χ3n) is 1.04. The number of aliphatic imine (C=N–C) groups is 1. The smallest absolute Gasteiger partial charge is 0.0864 e. The van der Waals surface area contributed by atoms with E-state index >= 15 is 0 Å². The van der Waals surface area contributed by atoms with Crippen molar-refractivity contribution in [1.29, 1.82) is 0 Å². The first kappa shape index (κ1) is 6.74. The zero-order chi connectivity index (χ0) is 7.23. The SMILES string of the molecule is CN=CNc1ccncc1. The number of anilines is 1. The van der Waals surface area contributed by atoms with Gasteiger partial charge in [0.1, 0.15) is 0 Å². The van der Waals surface area contributed by atoms with Crippen LogP contribution in [0.3, 0.4) is 0 Å². The molecule has 1 rings (SSSR count). The summed E-state index contributed by atoms with van der Waals surface area (Å²) in [6.45, 7) is 0. The first-order valence-electron chi connectivity index (χ1n) is 3.00. The van der Waals surface area contributed by atoms with Crippen LogP contribution in [0.5, 0.6) is 0 Å². The molecule has 52 valence electrons. The minimum Gasteiger partial charge on any atom is -0.347 e. The monoisotopic (exact) mass is 135 g/mol. The van der Waals surface area contributed by atoms with Crippen LogP contribution in [0.15, 0.2) is 29.5 Å². The molecule has 0 aromatic carbocycles. The van der Waals surface area contributed by atoms with Gasteiger partial charge in [0, 0.05) is 25.1 Å². The number of nitrogens with zero attached hydrogens (tertiary/aromatic N) is 2. The molecule has 0 aliphatic heterocycles. The fraction of sp³-hybridized carbons (Fsp3) is 0.143. The number of aromatic nitrogens is 1. The van der Waals surface area contributed by atoms with Crippen LogP contribution in [0, 0.1) is 0 Å². The van der Waals surface area contributed by atoms with E-state index < -0.39 is 0 Å². The number of pyridine rings is 1. The minimum atomic E-state index is 1.00. The van der Waals surface area contributed by atoms with Crippen LogP contribution in [0.2, 0.25) is 0 Å². The Balaban J connectivity index is 2.59. The Bertz CT molecular complexity index is 205. The van der Waals surface area contributed by atoms with Crippen LogP contribution in [0.1, 0.15) is 0 Å². The van der Waals surface area contributed by atoms with Crippen molar-refractivity contribution in [3.05, 3.63) is 24.5 Å². The molecule has 0 bridgehead atoms. The molecular weight excluding hydrogens is 126 g/mol. The average Bonchev–Trinajstić information content (AvgIpc) is 2.03. The Morgan fingerprint density at radius 2 is 2.20 bits per heavy atom. The van der Waals surface area contributed by atoms with Gasteiger partial charge in [-0.2, -0.15) is 0 Å². The van der Waals surface area contributed by atoms with Gasteiger partial charge >= 0.3 is 0 Å². The van der Waals surface area contributed by atoms with Crippen molar-refractivity contribution < 1.29 is 0 Å². The van der Waals surface area contributed by atoms with Gasteiger partial charge in [0.25, 0.3) is 0 Å². The van der Waals surface area contributed by atoms with Crippen molar-refractivity contribution in [2.75, 3.05) is 12.4 Å². The van der Waals surface area contributed by atoms with E-state index in [1.54, 1.807) is 25.8 Å². The second kappa shape index (κ2) is 3.61. The zero-order valence-electron chi connectivity index (χ0n) is 5.78. The largest absolute Gasteiger partial charge is 0.347 e. The Morgan fingerprint density at radius 1 is 1.50 bits per heavy atom. The lowest BCUT2D eigenvalue weighted by molar-refractivity contribution is 1.33. The van der Waals surface area contributed by atoms with Crippen LogP contribution < -0.4 is 5.32 Å². The Labute approximate surface area is 59.8 Å². The highest BCUT2D eigenvalue weighted by atomic mass is 14.9. The van der Waals surface area contributed by atoms with E-state index in [0.29, 0.717) is 0 Å². The number of hydrogen-bond donors (Lipinski definition) is 1. The van der Waals surface area contributed by atoms with Crippen LogP contribution in [-0.2, 0) is 0 Å². The molecule has 1 aromatic heterocycles. The summed E-state index contributed by atoms with van der Waals surface area (Å²) in [7, 11) is 1.72. The van der Waals surface area contributed by atoms with Gasteiger partial charge in [-0.15, -0.1) is 0 Å². The highest BCUT2D eigenvalue weighted by Crippen LogP contribution is 1.99. The summed E-state index contributed by atoms with van der Waals surface area (Å²) in [6, 6.07) is 3.75. The molecule has 0 saturated carbocycles. The topological polar surface area (TPSA) is 37.3 Å². The fourth-order valence-corrected chi connectivity index (χ4v) is 0.587. The molecule has 0 aliphatic rings. The van der Waals surface area contributed by atoms with Gasteiger partial charge in [-0.05, 0) is 12.1 Å². The molecular formula is C7H9N3. The minimum absolute atomic E-state index is 1.00. The van der Waals surface area contributed by atoms with E-state index in [1.807, 2.05) is 12.1 Å². The van der Waals surface area contributed by atoms with Crippen molar-refractivity contribution in [3.8, 4) is 0 Å². The molecule has 3 nitrogen and oxygen atoms in total. The summed E-state index contributed by atoms with van der Waals surface area (Å²) < 4.78 is 0. The van der Waals surface area contributed by atoms with Gasteiger partial charge in [-0.1, -0.05) is 0 Å². The maximum Gasteiger partial charge on any atom is 0.0864 e. The maximum absolute atomic E-state index is 3.87. The van der Waals surface area contributed by atoms with Gasteiger partial charge in [0.05, 0.1) is 6.34 Å². The normalized spacial score (nSPS) is 10.1. The first-order valence-corrected chi connectivity index (χ1v) is 3.00. The summed E-state index contributed by atoms with van der Waals surface area (Å²) in [5.41, 5.74) is 1.00. The molecule has 0 saturated heterocycles. The van der Waals surface area contributed by atoms with E-state index in [0.717, 1.165) is 5.69 Å². The highest BCUT2D eigenvalue weighted by molar-refractivity contribution is 5.74. The third-order valence-corrected chi connectivity index (χ3v) is 1.04. The van der Waals surface area contributed by atoms with E-state index in [9.17, 15) is 0 Å². The Morgan fingerprint density at radius 3 is 2.80 bits per heavy atom. The average molecular weight is 135 g/mol. The molecule has 0 aliphatic carbocycles. The second-order valence-electron chi connectivity index (χ2n) is 1.77. The molecule has 3 heteroatoms. The molecule has 10 heavy (non-hydrogen) atoms. The van der Waals surface area contributed by atoms with Crippen molar-refractivity contribution in [2.24, 2.45) is 4.99 Å². The summed E-state index contributed by atoms with van der Waals surface area (Å²) in [6.07, 6.45) is 5.09. The van der Waals surface area contributed by atoms with Gasteiger partial charge < -0.3 is 5.32 Å². The van der Waals surface area contributed by atoms with Gasteiger partial charge in [0.2, 0.25) is 0 Å². The summed E-state index contributed by atoms with van der Waals surface area (Å²) in [5.74, 6) is 0. The van der Waals surface area contributed by atoms with Crippen LogP contribution >= 0.6 is 0 Å². The van der Waals surface area contributed by atoms with Crippen LogP contribution in [0.25, 0.3) is 0 Å². The van der Waals surface area contributed by atoms with Gasteiger partial charge in [-0.3, -0.25) is 9.98 Å². The molecule has 0 fully saturated rings.